The highest BCUT2D eigenvalue weighted by Gasteiger charge is 2.26. The first-order valence-corrected chi connectivity index (χ1v) is 17.7. The molecule has 0 radical (unpaired) electrons. The standard InChI is InChI=1S/C33H61NO4S/c1-2-3-4-5-6-7-8-9-10-11-12-13-14-15-16-20-24-36-27-31-26-32(37-28-31)29-38-33(35)21-18-17-19-22-34-23-25-39-30-34/h23,25,31-32H,2-22,24,26-30H2,1H3. The Bertz CT molecular complexity index is 602. The van der Waals surface area contributed by atoms with E-state index in [1.807, 2.05) is 11.8 Å². The SMILES string of the molecule is CCCCCCCCCCCCCCCCCCOCC1COC(COC(=O)CCCCCN2C=CSC2)C1. The normalized spacial score (nSPS) is 18.8. The van der Waals surface area contributed by atoms with Gasteiger partial charge in [-0.05, 0) is 31.1 Å². The first-order chi connectivity index (χ1) is 19.3. The van der Waals surface area contributed by atoms with E-state index in [9.17, 15) is 4.79 Å². The van der Waals surface area contributed by atoms with E-state index in [-0.39, 0.29) is 12.1 Å². The van der Waals surface area contributed by atoms with E-state index in [2.05, 4.69) is 23.4 Å². The number of esters is 1. The summed E-state index contributed by atoms with van der Waals surface area (Å²) in [5, 5.41) is 2.14. The van der Waals surface area contributed by atoms with Crippen LogP contribution in [0.25, 0.3) is 0 Å². The average molecular weight is 568 g/mol. The van der Waals surface area contributed by atoms with Crippen molar-refractivity contribution in [3.8, 4) is 0 Å². The van der Waals surface area contributed by atoms with Gasteiger partial charge in [0, 0.05) is 31.7 Å². The summed E-state index contributed by atoms with van der Waals surface area (Å²) in [5.74, 6) is 1.42. The van der Waals surface area contributed by atoms with Crippen LogP contribution in [0.15, 0.2) is 11.6 Å². The Morgan fingerprint density at radius 3 is 2.05 bits per heavy atom. The van der Waals surface area contributed by atoms with Crippen LogP contribution in [-0.4, -0.2) is 55.8 Å². The third-order valence-corrected chi connectivity index (χ3v) is 8.82. The molecule has 0 bridgehead atoms. The van der Waals surface area contributed by atoms with Crippen molar-refractivity contribution in [1.29, 1.82) is 0 Å². The number of carbonyl (C=O) groups is 1. The largest absolute Gasteiger partial charge is 0.463 e. The molecule has 0 N–H and O–H groups in total. The van der Waals surface area contributed by atoms with Crippen molar-refractivity contribution in [2.45, 2.75) is 148 Å². The van der Waals surface area contributed by atoms with Crippen LogP contribution in [0, 0.1) is 5.92 Å². The van der Waals surface area contributed by atoms with Gasteiger partial charge in [-0.3, -0.25) is 4.79 Å². The van der Waals surface area contributed by atoms with Gasteiger partial charge in [0.05, 0.1) is 25.2 Å². The van der Waals surface area contributed by atoms with Crippen LogP contribution in [-0.2, 0) is 19.0 Å². The number of ether oxygens (including phenoxy) is 3. The number of unbranched alkanes of at least 4 members (excludes halogenated alkanes) is 17. The molecule has 1 saturated heterocycles. The summed E-state index contributed by atoms with van der Waals surface area (Å²) >= 11 is 1.83. The average Bonchev–Trinajstić information content (AvgIpc) is 3.63. The Hall–Kier alpha value is -0.720. The number of rotatable bonds is 27. The predicted octanol–water partition coefficient (Wildman–Crippen LogP) is 9.25. The quantitative estimate of drug-likeness (QED) is 0.0728. The van der Waals surface area contributed by atoms with Crippen LogP contribution < -0.4 is 0 Å². The topological polar surface area (TPSA) is 48.0 Å². The molecule has 2 heterocycles. The third kappa shape index (κ3) is 19.9. The molecule has 0 aromatic heterocycles. The molecule has 0 amide bonds. The molecule has 2 unspecified atom stereocenters. The van der Waals surface area contributed by atoms with Gasteiger partial charge in [0.1, 0.15) is 6.61 Å². The number of carbonyl (C=O) groups excluding carboxylic acids is 1. The zero-order valence-electron chi connectivity index (χ0n) is 25.4. The smallest absolute Gasteiger partial charge is 0.305 e. The molecule has 228 valence electrons. The molecule has 1 fully saturated rings. The summed E-state index contributed by atoms with van der Waals surface area (Å²) in [4.78, 5) is 14.3. The fourth-order valence-electron chi connectivity index (χ4n) is 5.48. The van der Waals surface area contributed by atoms with E-state index in [1.165, 1.54) is 103 Å². The maximum absolute atomic E-state index is 12.0. The minimum absolute atomic E-state index is 0.0394. The third-order valence-electron chi connectivity index (χ3n) is 8.02. The van der Waals surface area contributed by atoms with E-state index in [4.69, 9.17) is 14.2 Å². The Morgan fingerprint density at radius 2 is 1.44 bits per heavy atom. The van der Waals surface area contributed by atoms with E-state index in [0.717, 1.165) is 57.9 Å². The molecule has 2 atom stereocenters. The molecular formula is C33H61NO4S. The second-order valence-electron chi connectivity index (χ2n) is 11.8. The Balaban J connectivity index is 1.26. The summed E-state index contributed by atoms with van der Waals surface area (Å²) in [5.41, 5.74) is 0. The first kappa shape index (κ1) is 34.5. The van der Waals surface area contributed by atoms with E-state index < -0.39 is 0 Å². The predicted molar refractivity (Wildman–Crippen MR) is 166 cm³/mol. The summed E-state index contributed by atoms with van der Waals surface area (Å²) < 4.78 is 17.2. The van der Waals surface area contributed by atoms with Gasteiger partial charge < -0.3 is 19.1 Å². The molecule has 39 heavy (non-hydrogen) atoms. The number of nitrogens with zero attached hydrogens (tertiary/aromatic N) is 1. The van der Waals surface area contributed by atoms with Crippen molar-refractivity contribution >= 4 is 17.7 Å². The molecule has 0 saturated carbocycles. The van der Waals surface area contributed by atoms with Crippen LogP contribution in [0.5, 0.6) is 0 Å². The fourth-order valence-corrected chi connectivity index (χ4v) is 6.23. The maximum Gasteiger partial charge on any atom is 0.305 e. The molecule has 0 spiro atoms. The number of hydrogen-bond acceptors (Lipinski definition) is 6. The summed E-state index contributed by atoms with van der Waals surface area (Å²) in [7, 11) is 0. The minimum atomic E-state index is -0.0848. The summed E-state index contributed by atoms with van der Waals surface area (Å²) in [6.07, 6.45) is 29.1. The van der Waals surface area contributed by atoms with Crippen molar-refractivity contribution in [3.05, 3.63) is 11.6 Å². The number of thioether (sulfide) groups is 1. The molecule has 0 aromatic carbocycles. The molecule has 2 aliphatic rings. The van der Waals surface area contributed by atoms with Crippen LogP contribution in [0.4, 0.5) is 0 Å². The van der Waals surface area contributed by atoms with Crippen molar-refractivity contribution in [3.63, 3.8) is 0 Å². The van der Waals surface area contributed by atoms with Gasteiger partial charge in [0.15, 0.2) is 0 Å². The highest BCUT2D eigenvalue weighted by atomic mass is 32.2. The summed E-state index contributed by atoms with van der Waals surface area (Å²) in [6.45, 7) is 6.13. The van der Waals surface area contributed by atoms with Crippen LogP contribution in [0.1, 0.15) is 142 Å². The lowest BCUT2D eigenvalue weighted by molar-refractivity contribution is -0.147. The minimum Gasteiger partial charge on any atom is -0.463 e. The lowest BCUT2D eigenvalue weighted by Gasteiger charge is -2.14. The van der Waals surface area contributed by atoms with Crippen LogP contribution in [0.3, 0.4) is 0 Å². The van der Waals surface area contributed by atoms with Gasteiger partial charge in [0.25, 0.3) is 0 Å². The lowest BCUT2D eigenvalue weighted by Crippen LogP contribution is -2.18. The molecule has 0 aliphatic carbocycles. The Labute approximate surface area is 245 Å². The first-order valence-electron chi connectivity index (χ1n) is 16.6. The Kier molecular flexibility index (Phi) is 22.1. The van der Waals surface area contributed by atoms with Crippen LogP contribution >= 0.6 is 11.8 Å². The van der Waals surface area contributed by atoms with Crippen molar-refractivity contribution < 1.29 is 19.0 Å². The summed E-state index contributed by atoms with van der Waals surface area (Å²) in [6, 6.07) is 0. The molecule has 2 rings (SSSR count). The van der Waals surface area contributed by atoms with Crippen LogP contribution in [0.2, 0.25) is 0 Å². The van der Waals surface area contributed by atoms with Crippen molar-refractivity contribution in [1.82, 2.24) is 4.90 Å². The molecule has 6 heteroatoms. The Morgan fingerprint density at radius 1 is 0.821 bits per heavy atom. The monoisotopic (exact) mass is 567 g/mol. The highest BCUT2D eigenvalue weighted by Crippen LogP contribution is 2.21. The molecule has 0 aromatic rings. The molecule has 5 nitrogen and oxygen atoms in total. The highest BCUT2D eigenvalue weighted by molar-refractivity contribution is 8.02. The maximum atomic E-state index is 12.0. The zero-order valence-corrected chi connectivity index (χ0v) is 26.2. The van der Waals surface area contributed by atoms with Gasteiger partial charge in [-0.25, -0.2) is 0 Å². The van der Waals surface area contributed by atoms with E-state index in [1.54, 1.807) is 0 Å². The van der Waals surface area contributed by atoms with Gasteiger partial charge in [-0.1, -0.05) is 110 Å². The van der Waals surface area contributed by atoms with Gasteiger partial charge in [-0.15, -0.1) is 11.8 Å². The van der Waals surface area contributed by atoms with Gasteiger partial charge in [-0.2, -0.15) is 0 Å². The lowest BCUT2D eigenvalue weighted by atomic mass is 10.0. The van der Waals surface area contributed by atoms with Crippen molar-refractivity contribution in [2.75, 3.05) is 38.8 Å². The van der Waals surface area contributed by atoms with Gasteiger partial charge in [0.2, 0.25) is 0 Å². The van der Waals surface area contributed by atoms with E-state index in [0.29, 0.717) is 18.9 Å². The van der Waals surface area contributed by atoms with E-state index >= 15 is 0 Å². The number of hydrogen-bond donors (Lipinski definition) is 0. The van der Waals surface area contributed by atoms with Gasteiger partial charge >= 0.3 is 5.97 Å². The fraction of sp³-hybridized carbons (Fsp3) is 0.909. The molecular weight excluding hydrogens is 506 g/mol. The molecule has 2 aliphatic heterocycles. The second kappa shape index (κ2) is 25.0. The zero-order chi connectivity index (χ0) is 27.6. The van der Waals surface area contributed by atoms with Crippen molar-refractivity contribution in [2.24, 2.45) is 5.92 Å². The second-order valence-corrected chi connectivity index (χ2v) is 12.7.